The van der Waals surface area contributed by atoms with Crippen molar-refractivity contribution in [1.82, 2.24) is 9.62 Å². The summed E-state index contributed by atoms with van der Waals surface area (Å²) < 4.78 is 32.1. The molecule has 1 N–H and O–H groups in total. The first-order valence-electron chi connectivity index (χ1n) is 8.34. The molecule has 0 heterocycles. The standard InChI is InChI=1S/C19H23ClN2O4S/c1-14-4-9-17(27(24,25)21-10-11-26-3)12-18(14)19(23)22(2)13-15-5-7-16(20)8-6-15/h4-9,12,21H,10-11,13H2,1-3H3. The van der Waals surface area contributed by atoms with Crippen molar-refractivity contribution >= 4 is 27.5 Å². The molecule has 6 nitrogen and oxygen atoms in total. The summed E-state index contributed by atoms with van der Waals surface area (Å²) >= 11 is 5.88. The van der Waals surface area contributed by atoms with Gasteiger partial charge in [-0.25, -0.2) is 13.1 Å². The van der Waals surface area contributed by atoms with Crippen LogP contribution in [0.5, 0.6) is 0 Å². The van der Waals surface area contributed by atoms with Gasteiger partial charge in [-0.2, -0.15) is 0 Å². The first kappa shape index (κ1) is 21.4. The summed E-state index contributed by atoms with van der Waals surface area (Å²) in [5, 5.41) is 0.627. The molecule has 0 spiro atoms. The number of halogens is 1. The highest BCUT2D eigenvalue weighted by molar-refractivity contribution is 7.89. The Kier molecular flexibility index (Phi) is 7.38. The van der Waals surface area contributed by atoms with Crippen LogP contribution in [0.4, 0.5) is 0 Å². The molecule has 2 rings (SSSR count). The molecule has 0 aromatic heterocycles. The smallest absolute Gasteiger partial charge is 0.254 e. The summed E-state index contributed by atoms with van der Waals surface area (Å²) in [6.45, 7) is 2.59. The van der Waals surface area contributed by atoms with E-state index in [-0.39, 0.29) is 24.0 Å². The Morgan fingerprint density at radius 1 is 1.19 bits per heavy atom. The van der Waals surface area contributed by atoms with E-state index in [2.05, 4.69) is 4.72 Å². The van der Waals surface area contributed by atoms with Gasteiger partial charge in [-0.3, -0.25) is 4.79 Å². The molecular formula is C19H23ClN2O4S. The summed E-state index contributed by atoms with van der Waals surface area (Å²) in [6, 6.07) is 11.7. The van der Waals surface area contributed by atoms with E-state index in [1.807, 2.05) is 12.1 Å². The highest BCUT2D eigenvalue weighted by atomic mass is 35.5. The summed E-state index contributed by atoms with van der Waals surface area (Å²) in [5.41, 5.74) is 1.98. The molecule has 0 fully saturated rings. The zero-order valence-electron chi connectivity index (χ0n) is 15.5. The van der Waals surface area contributed by atoms with Crippen LogP contribution in [0.3, 0.4) is 0 Å². The van der Waals surface area contributed by atoms with Gasteiger partial charge in [0, 0.05) is 37.8 Å². The van der Waals surface area contributed by atoms with Gasteiger partial charge in [0.25, 0.3) is 5.91 Å². The molecule has 1 amide bonds. The van der Waals surface area contributed by atoms with E-state index in [9.17, 15) is 13.2 Å². The van der Waals surface area contributed by atoms with Crippen molar-refractivity contribution in [1.29, 1.82) is 0 Å². The van der Waals surface area contributed by atoms with E-state index in [1.165, 1.54) is 19.2 Å². The van der Waals surface area contributed by atoms with Gasteiger partial charge < -0.3 is 9.64 Å². The normalized spacial score (nSPS) is 11.4. The van der Waals surface area contributed by atoms with Crippen LogP contribution in [0, 0.1) is 6.92 Å². The molecule has 0 bridgehead atoms. The number of benzene rings is 2. The van der Waals surface area contributed by atoms with Crippen LogP contribution in [0.2, 0.25) is 5.02 Å². The van der Waals surface area contributed by atoms with Gasteiger partial charge in [-0.1, -0.05) is 29.8 Å². The number of methoxy groups -OCH3 is 1. The molecule has 0 saturated carbocycles. The third-order valence-corrected chi connectivity index (χ3v) is 5.74. The second-order valence-electron chi connectivity index (χ2n) is 6.15. The Morgan fingerprint density at radius 3 is 2.48 bits per heavy atom. The fraction of sp³-hybridized carbons (Fsp3) is 0.316. The molecule has 0 atom stereocenters. The van der Waals surface area contributed by atoms with Crippen LogP contribution < -0.4 is 4.72 Å². The van der Waals surface area contributed by atoms with Crippen LogP contribution in [0.1, 0.15) is 21.5 Å². The number of amides is 1. The highest BCUT2D eigenvalue weighted by Crippen LogP contribution is 2.18. The minimum Gasteiger partial charge on any atom is -0.383 e. The van der Waals surface area contributed by atoms with Crippen molar-refractivity contribution in [3.63, 3.8) is 0 Å². The molecule has 146 valence electrons. The summed E-state index contributed by atoms with van der Waals surface area (Å²) in [5.74, 6) is -0.253. The fourth-order valence-electron chi connectivity index (χ4n) is 2.50. The van der Waals surface area contributed by atoms with Gasteiger partial charge in [-0.05, 0) is 42.3 Å². The second kappa shape index (κ2) is 9.32. The number of aryl methyl sites for hydroxylation is 1. The van der Waals surface area contributed by atoms with Gasteiger partial charge in [0.2, 0.25) is 10.0 Å². The number of nitrogens with one attached hydrogen (secondary N) is 1. The van der Waals surface area contributed by atoms with E-state index >= 15 is 0 Å². The molecular weight excluding hydrogens is 388 g/mol. The first-order valence-corrected chi connectivity index (χ1v) is 10.2. The van der Waals surface area contributed by atoms with Crippen molar-refractivity contribution in [3.05, 3.63) is 64.2 Å². The SMILES string of the molecule is COCCNS(=O)(=O)c1ccc(C)c(C(=O)N(C)Cc2ccc(Cl)cc2)c1. The molecule has 2 aromatic carbocycles. The van der Waals surface area contributed by atoms with Crippen molar-refractivity contribution in [2.24, 2.45) is 0 Å². The van der Waals surface area contributed by atoms with Crippen molar-refractivity contribution < 1.29 is 17.9 Å². The van der Waals surface area contributed by atoms with Crippen LogP contribution in [0.25, 0.3) is 0 Å². The third-order valence-electron chi connectivity index (χ3n) is 4.03. The summed E-state index contributed by atoms with van der Waals surface area (Å²) in [7, 11) is -0.542. The molecule has 0 aliphatic carbocycles. The lowest BCUT2D eigenvalue weighted by molar-refractivity contribution is 0.0784. The number of carbonyl (C=O) groups excluding carboxylic acids is 1. The van der Waals surface area contributed by atoms with Crippen LogP contribution in [-0.4, -0.2) is 46.5 Å². The molecule has 0 aliphatic heterocycles. The zero-order valence-corrected chi connectivity index (χ0v) is 17.1. The second-order valence-corrected chi connectivity index (χ2v) is 8.36. The topological polar surface area (TPSA) is 75.7 Å². The molecule has 0 radical (unpaired) electrons. The number of ether oxygens (including phenoxy) is 1. The predicted octanol–water partition coefficient (Wildman–Crippen LogP) is 2.85. The summed E-state index contributed by atoms with van der Waals surface area (Å²) in [4.78, 5) is 14.4. The third kappa shape index (κ3) is 5.77. The Hall–Kier alpha value is -1.93. The average Bonchev–Trinajstić information content (AvgIpc) is 2.63. The molecule has 0 saturated heterocycles. The number of rotatable bonds is 8. The predicted molar refractivity (Wildman–Crippen MR) is 105 cm³/mol. The number of hydrogen-bond acceptors (Lipinski definition) is 4. The number of sulfonamides is 1. The number of carbonyl (C=O) groups is 1. The van der Waals surface area contributed by atoms with Gasteiger partial charge in [0.05, 0.1) is 11.5 Å². The van der Waals surface area contributed by atoms with Crippen LogP contribution in [0.15, 0.2) is 47.4 Å². The number of hydrogen-bond donors (Lipinski definition) is 1. The largest absolute Gasteiger partial charge is 0.383 e. The molecule has 8 heteroatoms. The maximum atomic E-state index is 12.8. The van der Waals surface area contributed by atoms with E-state index < -0.39 is 10.0 Å². The number of nitrogens with zero attached hydrogens (tertiary/aromatic N) is 1. The Labute approximate surface area is 165 Å². The lowest BCUT2D eigenvalue weighted by Gasteiger charge is -2.19. The average molecular weight is 411 g/mol. The van der Waals surface area contributed by atoms with Crippen molar-refractivity contribution in [2.75, 3.05) is 27.3 Å². The van der Waals surface area contributed by atoms with Crippen molar-refractivity contribution in [3.8, 4) is 0 Å². The maximum Gasteiger partial charge on any atom is 0.254 e. The lowest BCUT2D eigenvalue weighted by Crippen LogP contribution is -2.29. The maximum absolute atomic E-state index is 12.8. The van der Waals surface area contributed by atoms with Crippen LogP contribution >= 0.6 is 11.6 Å². The monoisotopic (exact) mass is 410 g/mol. The quantitative estimate of drug-likeness (QED) is 0.679. The van der Waals surface area contributed by atoms with Crippen LogP contribution in [-0.2, 0) is 21.3 Å². The van der Waals surface area contributed by atoms with E-state index in [4.69, 9.17) is 16.3 Å². The van der Waals surface area contributed by atoms with Gasteiger partial charge in [-0.15, -0.1) is 0 Å². The van der Waals surface area contributed by atoms with E-state index in [0.717, 1.165) is 5.56 Å². The molecule has 2 aromatic rings. The molecule has 0 aliphatic rings. The fourth-order valence-corrected chi connectivity index (χ4v) is 3.67. The van der Waals surface area contributed by atoms with Gasteiger partial charge >= 0.3 is 0 Å². The zero-order chi connectivity index (χ0) is 20.0. The van der Waals surface area contributed by atoms with Gasteiger partial charge in [0.1, 0.15) is 0 Å². The lowest BCUT2D eigenvalue weighted by atomic mass is 10.1. The van der Waals surface area contributed by atoms with Gasteiger partial charge in [0.15, 0.2) is 0 Å². The Bertz CT molecular complexity index is 898. The van der Waals surface area contributed by atoms with E-state index in [1.54, 1.807) is 37.1 Å². The molecule has 27 heavy (non-hydrogen) atoms. The minimum absolute atomic E-state index is 0.0486. The highest BCUT2D eigenvalue weighted by Gasteiger charge is 2.20. The minimum atomic E-state index is -3.71. The Morgan fingerprint density at radius 2 is 1.85 bits per heavy atom. The molecule has 0 unspecified atom stereocenters. The first-order chi connectivity index (χ1) is 12.7. The Balaban J connectivity index is 2.21. The van der Waals surface area contributed by atoms with E-state index in [0.29, 0.717) is 22.7 Å². The van der Waals surface area contributed by atoms with Crippen molar-refractivity contribution in [2.45, 2.75) is 18.4 Å². The summed E-state index contributed by atoms with van der Waals surface area (Å²) in [6.07, 6.45) is 0.